The number of carbonyl (C=O) groups excluding carboxylic acids is 3. The molecular formula is C21H19NO4. The molecule has 0 unspecified atom stereocenters. The van der Waals surface area contributed by atoms with Gasteiger partial charge in [-0.25, -0.2) is 9.69 Å². The van der Waals surface area contributed by atoms with E-state index in [1.807, 2.05) is 24.3 Å². The lowest BCUT2D eigenvalue weighted by Crippen LogP contribution is -2.32. The maximum atomic E-state index is 12.2. The van der Waals surface area contributed by atoms with Crippen LogP contribution in [0.3, 0.4) is 0 Å². The van der Waals surface area contributed by atoms with Gasteiger partial charge in [0.05, 0.1) is 11.1 Å². The number of esters is 1. The van der Waals surface area contributed by atoms with Gasteiger partial charge in [0.25, 0.3) is 11.8 Å². The minimum atomic E-state index is -0.616. The summed E-state index contributed by atoms with van der Waals surface area (Å²) in [4.78, 5) is 37.2. The average molecular weight is 349 g/mol. The van der Waals surface area contributed by atoms with Crippen molar-refractivity contribution in [3.8, 4) is 0 Å². The summed E-state index contributed by atoms with van der Waals surface area (Å²) in [6.07, 6.45) is 2.91. The molecule has 5 heteroatoms. The van der Waals surface area contributed by atoms with Crippen LogP contribution in [0.2, 0.25) is 0 Å². The first kappa shape index (κ1) is 17.6. The van der Waals surface area contributed by atoms with Crippen LogP contribution in [0.25, 0.3) is 6.08 Å². The summed E-state index contributed by atoms with van der Waals surface area (Å²) in [6, 6.07) is 14.4. The lowest BCUT2D eigenvalue weighted by Gasteiger charge is -2.12. The predicted molar refractivity (Wildman–Crippen MR) is 97.5 cm³/mol. The SMILES string of the molecule is CC(C)c1ccc(/C=C/C(=O)OCN2C(=O)c3ccccc3C2=O)cc1. The van der Waals surface area contributed by atoms with Crippen LogP contribution in [0.5, 0.6) is 0 Å². The van der Waals surface area contributed by atoms with Crippen LogP contribution in [0.4, 0.5) is 0 Å². The smallest absolute Gasteiger partial charge is 0.332 e. The molecule has 0 bridgehead atoms. The highest BCUT2D eigenvalue weighted by atomic mass is 16.5. The summed E-state index contributed by atoms with van der Waals surface area (Å²) in [6.45, 7) is 3.82. The third kappa shape index (κ3) is 3.57. The van der Waals surface area contributed by atoms with Crippen molar-refractivity contribution in [2.45, 2.75) is 19.8 Å². The molecule has 0 atom stereocenters. The van der Waals surface area contributed by atoms with E-state index >= 15 is 0 Å². The normalized spacial score (nSPS) is 13.6. The predicted octanol–water partition coefficient (Wildman–Crippen LogP) is 3.62. The lowest BCUT2D eigenvalue weighted by molar-refractivity contribution is -0.140. The Kier molecular flexibility index (Phi) is 4.98. The Morgan fingerprint density at radius 1 is 1.00 bits per heavy atom. The number of ether oxygens (including phenoxy) is 1. The van der Waals surface area contributed by atoms with Crippen LogP contribution < -0.4 is 0 Å². The molecule has 1 aliphatic rings. The van der Waals surface area contributed by atoms with Crippen LogP contribution in [-0.2, 0) is 9.53 Å². The van der Waals surface area contributed by atoms with Gasteiger partial charge in [0.15, 0.2) is 6.73 Å². The first-order chi connectivity index (χ1) is 12.5. The van der Waals surface area contributed by atoms with Gasteiger partial charge in [-0.2, -0.15) is 0 Å². The minimum absolute atomic E-state index is 0.328. The van der Waals surface area contributed by atoms with Gasteiger partial charge in [0.1, 0.15) is 0 Å². The fourth-order valence-electron chi connectivity index (χ4n) is 2.69. The van der Waals surface area contributed by atoms with Gasteiger partial charge in [0, 0.05) is 6.08 Å². The van der Waals surface area contributed by atoms with Crippen molar-refractivity contribution in [1.82, 2.24) is 4.90 Å². The number of hydrogen-bond donors (Lipinski definition) is 0. The fraction of sp³-hybridized carbons (Fsp3) is 0.190. The second-order valence-corrected chi connectivity index (χ2v) is 6.33. The Morgan fingerprint density at radius 3 is 2.12 bits per heavy atom. The summed E-state index contributed by atoms with van der Waals surface area (Å²) >= 11 is 0. The number of carbonyl (C=O) groups is 3. The van der Waals surface area contributed by atoms with Crippen LogP contribution >= 0.6 is 0 Å². The van der Waals surface area contributed by atoms with Gasteiger partial charge in [0.2, 0.25) is 0 Å². The molecule has 0 N–H and O–H groups in total. The molecule has 132 valence electrons. The molecule has 2 aromatic carbocycles. The first-order valence-electron chi connectivity index (χ1n) is 8.37. The molecule has 0 aliphatic carbocycles. The molecule has 1 heterocycles. The van der Waals surface area contributed by atoms with E-state index in [4.69, 9.17) is 4.74 Å². The number of imide groups is 1. The zero-order valence-corrected chi connectivity index (χ0v) is 14.6. The highest BCUT2D eigenvalue weighted by Crippen LogP contribution is 2.22. The minimum Gasteiger partial charge on any atom is -0.441 e. The van der Waals surface area contributed by atoms with Gasteiger partial charge in [-0.05, 0) is 35.3 Å². The Bertz CT molecular complexity index is 846. The standard InChI is InChI=1S/C21H19NO4/c1-14(2)16-10-7-15(8-11-16)9-12-19(23)26-13-22-20(24)17-5-3-4-6-18(17)21(22)25/h3-12,14H,13H2,1-2H3/b12-9+. The molecular weight excluding hydrogens is 330 g/mol. The largest absolute Gasteiger partial charge is 0.441 e. The van der Waals surface area contributed by atoms with Crippen LogP contribution in [0, 0.1) is 0 Å². The number of amides is 2. The van der Waals surface area contributed by atoms with Crippen molar-refractivity contribution < 1.29 is 19.1 Å². The number of hydrogen-bond acceptors (Lipinski definition) is 4. The molecule has 26 heavy (non-hydrogen) atoms. The van der Waals surface area contributed by atoms with Crippen molar-refractivity contribution in [3.63, 3.8) is 0 Å². The van der Waals surface area contributed by atoms with Crippen LogP contribution in [0.15, 0.2) is 54.6 Å². The maximum absolute atomic E-state index is 12.2. The number of nitrogens with zero attached hydrogens (tertiary/aromatic N) is 1. The molecule has 0 aromatic heterocycles. The van der Waals surface area contributed by atoms with Crippen molar-refractivity contribution in [1.29, 1.82) is 0 Å². The molecule has 2 amide bonds. The molecule has 0 saturated carbocycles. The summed E-state index contributed by atoms with van der Waals surface area (Å²) in [5.74, 6) is -1.08. The zero-order chi connectivity index (χ0) is 18.7. The molecule has 2 aromatic rings. The molecule has 1 aliphatic heterocycles. The summed E-state index contributed by atoms with van der Waals surface area (Å²) in [7, 11) is 0. The number of rotatable bonds is 5. The van der Waals surface area contributed by atoms with Crippen molar-refractivity contribution >= 4 is 23.9 Å². The summed E-state index contributed by atoms with van der Waals surface area (Å²) < 4.78 is 5.04. The van der Waals surface area contributed by atoms with Crippen LogP contribution in [-0.4, -0.2) is 29.4 Å². The van der Waals surface area contributed by atoms with Crippen LogP contribution in [0.1, 0.15) is 51.6 Å². The fourth-order valence-corrected chi connectivity index (χ4v) is 2.69. The first-order valence-corrected chi connectivity index (χ1v) is 8.37. The summed E-state index contributed by atoms with van der Waals surface area (Å²) in [5, 5.41) is 0. The maximum Gasteiger partial charge on any atom is 0.332 e. The molecule has 5 nitrogen and oxygen atoms in total. The number of fused-ring (bicyclic) bond motifs is 1. The lowest BCUT2D eigenvalue weighted by atomic mass is 10.0. The highest BCUT2D eigenvalue weighted by molar-refractivity contribution is 6.21. The average Bonchev–Trinajstić information content (AvgIpc) is 2.89. The molecule has 0 radical (unpaired) electrons. The van der Waals surface area contributed by atoms with Gasteiger partial charge < -0.3 is 4.74 Å². The van der Waals surface area contributed by atoms with Gasteiger partial charge in [-0.15, -0.1) is 0 Å². The molecule has 0 fully saturated rings. The Morgan fingerprint density at radius 2 is 1.58 bits per heavy atom. The second kappa shape index (κ2) is 7.35. The third-order valence-electron chi connectivity index (χ3n) is 4.23. The quantitative estimate of drug-likeness (QED) is 0.470. The monoisotopic (exact) mass is 349 g/mol. The van der Waals surface area contributed by atoms with Crippen molar-refractivity contribution in [3.05, 3.63) is 76.9 Å². The molecule has 0 saturated heterocycles. The van der Waals surface area contributed by atoms with Gasteiger partial charge in [-0.3, -0.25) is 9.59 Å². The van der Waals surface area contributed by atoms with E-state index in [9.17, 15) is 14.4 Å². The van der Waals surface area contributed by atoms with E-state index in [0.717, 1.165) is 10.5 Å². The second-order valence-electron chi connectivity index (χ2n) is 6.33. The number of benzene rings is 2. The van der Waals surface area contributed by atoms with E-state index < -0.39 is 24.5 Å². The van der Waals surface area contributed by atoms with Gasteiger partial charge >= 0.3 is 5.97 Å². The molecule has 3 rings (SSSR count). The van der Waals surface area contributed by atoms with E-state index in [1.54, 1.807) is 30.3 Å². The highest BCUT2D eigenvalue weighted by Gasteiger charge is 2.35. The zero-order valence-electron chi connectivity index (χ0n) is 14.6. The Hall–Kier alpha value is -3.21. The van der Waals surface area contributed by atoms with E-state index in [-0.39, 0.29) is 0 Å². The van der Waals surface area contributed by atoms with E-state index in [2.05, 4.69) is 13.8 Å². The Balaban J connectivity index is 1.58. The van der Waals surface area contributed by atoms with Crippen molar-refractivity contribution in [2.75, 3.05) is 6.73 Å². The topological polar surface area (TPSA) is 63.7 Å². The Labute approximate surface area is 151 Å². The molecule has 0 spiro atoms. The van der Waals surface area contributed by atoms with Crippen molar-refractivity contribution in [2.24, 2.45) is 0 Å². The van der Waals surface area contributed by atoms with Gasteiger partial charge in [-0.1, -0.05) is 50.2 Å². The van der Waals surface area contributed by atoms with E-state index in [0.29, 0.717) is 17.0 Å². The third-order valence-corrected chi connectivity index (χ3v) is 4.23. The van der Waals surface area contributed by atoms with E-state index in [1.165, 1.54) is 11.6 Å². The summed E-state index contributed by atoms with van der Waals surface area (Å²) in [5.41, 5.74) is 2.74.